The van der Waals surface area contributed by atoms with E-state index in [1.807, 2.05) is 12.1 Å². The predicted molar refractivity (Wildman–Crippen MR) is 83.7 cm³/mol. The number of benzene rings is 1. The van der Waals surface area contributed by atoms with Crippen LogP contribution in [0.1, 0.15) is 21.5 Å². The smallest absolute Gasteiger partial charge is 0.261 e. The molecule has 2 heterocycles. The van der Waals surface area contributed by atoms with Crippen LogP contribution in [0.5, 0.6) is 0 Å². The molecule has 0 radical (unpaired) electrons. The van der Waals surface area contributed by atoms with Crippen molar-refractivity contribution in [1.29, 1.82) is 0 Å². The molecule has 0 aliphatic rings. The molecule has 3 aromatic rings. The van der Waals surface area contributed by atoms with E-state index in [-0.39, 0.29) is 5.91 Å². The van der Waals surface area contributed by atoms with Crippen LogP contribution in [0.2, 0.25) is 0 Å². The molecular weight excluding hydrogens is 284 g/mol. The van der Waals surface area contributed by atoms with Gasteiger partial charge in [0.1, 0.15) is 6.26 Å². The summed E-state index contributed by atoms with van der Waals surface area (Å²) in [5.41, 5.74) is 4.04. The fourth-order valence-electron chi connectivity index (χ4n) is 2.18. The Morgan fingerprint density at radius 1 is 1.19 bits per heavy atom. The normalized spacial score (nSPS) is 10.6. The van der Waals surface area contributed by atoms with Gasteiger partial charge in [-0.1, -0.05) is 34.5 Å². The molecule has 4 nitrogen and oxygen atoms in total. The van der Waals surface area contributed by atoms with E-state index in [4.69, 9.17) is 0 Å². The van der Waals surface area contributed by atoms with Gasteiger partial charge in [-0.3, -0.25) is 4.79 Å². The van der Waals surface area contributed by atoms with Crippen molar-refractivity contribution in [2.24, 2.45) is 0 Å². The fourth-order valence-corrected chi connectivity index (χ4v) is 3.07. The summed E-state index contributed by atoms with van der Waals surface area (Å²) in [7, 11) is 0. The molecule has 0 aliphatic heterocycles. The van der Waals surface area contributed by atoms with Gasteiger partial charge in [-0.05, 0) is 31.5 Å². The van der Waals surface area contributed by atoms with Gasteiger partial charge >= 0.3 is 0 Å². The first-order valence-corrected chi connectivity index (χ1v) is 7.33. The van der Waals surface area contributed by atoms with E-state index in [2.05, 4.69) is 47.0 Å². The first-order valence-electron chi connectivity index (χ1n) is 6.51. The molecule has 0 fully saturated rings. The van der Waals surface area contributed by atoms with Crippen LogP contribution in [0.4, 0.5) is 5.00 Å². The quantitative estimate of drug-likeness (QED) is 0.785. The molecule has 0 unspecified atom stereocenters. The monoisotopic (exact) mass is 298 g/mol. The van der Waals surface area contributed by atoms with Crippen molar-refractivity contribution in [3.63, 3.8) is 0 Å². The molecule has 1 aromatic carbocycles. The number of thiophene rings is 1. The number of nitrogens with one attached hydrogen (secondary N) is 1. The van der Waals surface area contributed by atoms with Crippen molar-refractivity contribution in [2.75, 3.05) is 5.32 Å². The van der Waals surface area contributed by atoms with Crippen molar-refractivity contribution >= 4 is 22.2 Å². The minimum Gasteiger partial charge on any atom is -0.364 e. The molecule has 0 saturated heterocycles. The molecule has 0 saturated carbocycles. The summed E-state index contributed by atoms with van der Waals surface area (Å²) in [5.74, 6) is -0.218. The van der Waals surface area contributed by atoms with Crippen molar-refractivity contribution in [1.82, 2.24) is 5.16 Å². The summed E-state index contributed by atoms with van der Waals surface area (Å²) in [4.78, 5) is 13.1. The topological polar surface area (TPSA) is 55.1 Å². The zero-order chi connectivity index (χ0) is 14.8. The van der Waals surface area contributed by atoms with E-state index in [1.165, 1.54) is 29.2 Å². The summed E-state index contributed by atoms with van der Waals surface area (Å²) < 4.78 is 4.67. The molecule has 106 valence electrons. The number of carbonyl (C=O) groups excluding carboxylic acids is 1. The third kappa shape index (κ3) is 3.03. The first-order chi connectivity index (χ1) is 10.1. The lowest BCUT2D eigenvalue weighted by Gasteiger charge is -2.02. The lowest BCUT2D eigenvalue weighted by Crippen LogP contribution is -2.09. The SMILES string of the molecule is Cc1cc(C)cc(-c2ccc(NC(=O)c3cnoc3)s2)c1. The Labute approximate surface area is 126 Å². The molecule has 0 aliphatic carbocycles. The number of nitrogens with zero attached hydrogens (tertiary/aromatic N) is 1. The Hall–Kier alpha value is -2.40. The predicted octanol–water partition coefficient (Wildman–Crippen LogP) is 4.27. The zero-order valence-corrected chi connectivity index (χ0v) is 12.5. The van der Waals surface area contributed by atoms with Gasteiger partial charge in [0.05, 0.1) is 16.8 Å². The van der Waals surface area contributed by atoms with E-state index in [0.717, 1.165) is 9.88 Å². The molecule has 0 spiro atoms. The van der Waals surface area contributed by atoms with Crippen molar-refractivity contribution in [2.45, 2.75) is 13.8 Å². The van der Waals surface area contributed by atoms with Crippen LogP contribution in [0.15, 0.2) is 47.3 Å². The van der Waals surface area contributed by atoms with Gasteiger partial charge in [-0.2, -0.15) is 0 Å². The van der Waals surface area contributed by atoms with Crippen LogP contribution in [-0.2, 0) is 0 Å². The van der Waals surface area contributed by atoms with Crippen molar-refractivity contribution in [3.8, 4) is 10.4 Å². The number of amides is 1. The molecule has 3 rings (SSSR count). The molecule has 0 bridgehead atoms. The molecule has 5 heteroatoms. The third-order valence-electron chi connectivity index (χ3n) is 3.04. The van der Waals surface area contributed by atoms with Crippen LogP contribution in [0.3, 0.4) is 0 Å². The molecule has 2 aromatic heterocycles. The average molecular weight is 298 g/mol. The maximum atomic E-state index is 11.9. The highest BCUT2D eigenvalue weighted by atomic mass is 32.1. The molecule has 1 amide bonds. The summed E-state index contributed by atoms with van der Waals surface area (Å²) >= 11 is 1.55. The van der Waals surface area contributed by atoms with Crippen LogP contribution in [0, 0.1) is 13.8 Å². The Morgan fingerprint density at radius 3 is 2.62 bits per heavy atom. The van der Waals surface area contributed by atoms with Gasteiger partial charge in [0, 0.05) is 4.88 Å². The number of aryl methyl sites for hydroxylation is 2. The van der Waals surface area contributed by atoms with Gasteiger partial charge in [-0.25, -0.2) is 0 Å². The lowest BCUT2D eigenvalue weighted by atomic mass is 10.1. The van der Waals surface area contributed by atoms with Gasteiger partial charge in [-0.15, -0.1) is 11.3 Å². The van der Waals surface area contributed by atoms with Crippen molar-refractivity contribution < 1.29 is 9.32 Å². The Morgan fingerprint density at radius 2 is 1.95 bits per heavy atom. The largest absolute Gasteiger partial charge is 0.364 e. The Balaban J connectivity index is 1.81. The van der Waals surface area contributed by atoms with E-state index in [1.54, 1.807) is 11.3 Å². The second-order valence-electron chi connectivity index (χ2n) is 4.91. The zero-order valence-electron chi connectivity index (χ0n) is 11.7. The van der Waals surface area contributed by atoms with Crippen LogP contribution < -0.4 is 5.32 Å². The summed E-state index contributed by atoms with van der Waals surface area (Å²) in [6.45, 7) is 4.16. The number of rotatable bonds is 3. The van der Waals surface area contributed by atoms with Crippen LogP contribution >= 0.6 is 11.3 Å². The van der Waals surface area contributed by atoms with E-state index >= 15 is 0 Å². The summed E-state index contributed by atoms with van der Waals surface area (Å²) in [6.07, 6.45) is 2.72. The highest BCUT2D eigenvalue weighted by Gasteiger charge is 2.10. The fraction of sp³-hybridized carbons (Fsp3) is 0.125. The van der Waals surface area contributed by atoms with Gasteiger partial charge in [0.25, 0.3) is 5.91 Å². The highest BCUT2D eigenvalue weighted by molar-refractivity contribution is 7.19. The number of aromatic nitrogens is 1. The third-order valence-corrected chi connectivity index (χ3v) is 4.09. The van der Waals surface area contributed by atoms with E-state index in [0.29, 0.717) is 5.56 Å². The van der Waals surface area contributed by atoms with Crippen LogP contribution in [-0.4, -0.2) is 11.1 Å². The molecule has 1 N–H and O–H groups in total. The molecule has 0 atom stereocenters. The maximum absolute atomic E-state index is 11.9. The maximum Gasteiger partial charge on any atom is 0.261 e. The second-order valence-corrected chi connectivity index (χ2v) is 5.99. The van der Waals surface area contributed by atoms with Crippen molar-refractivity contribution in [3.05, 3.63) is 59.5 Å². The number of anilines is 1. The lowest BCUT2D eigenvalue weighted by molar-refractivity contribution is 0.102. The minimum absolute atomic E-state index is 0.218. The Kier molecular flexibility index (Phi) is 3.58. The minimum atomic E-state index is -0.218. The Bertz CT molecular complexity index is 755. The second kappa shape index (κ2) is 5.54. The number of hydrogen-bond acceptors (Lipinski definition) is 4. The highest BCUT2D eigenvalue weighted by Crippen LogP contribution is 2.32. The first kappa shape index (κ1) is 13.6. The van der Waals surface area contributed by atoms with E-state index < -0.39 is 0 Å². The number of hydrogen-bond donors (Lipinski definition) is 1. The van der Waals surface area contributed by atoms with E-state index in [9.17, 15) is 4.79 Å². The number of carbonyl (C=O) groups is 1. The summed E-state index contributed by atoms with van der Waals surface area (Å²) in [5, 5.41) is 7.17. The standard InChI is InChI=1S/C16H14N2O2S/c1-10-5-11(2)7-12(6-10)14-3-4-15(21-14)18-16(19)13-8-17-20-9-13/h3-9H,1-2H3,(H,18,19). The van der Waals surface area contributed by atoms with Crippen LogP contribution in [0.25, 0.3) is 10.4 Å². The van der Waals surface area contributed by atoms with Gasteiger partial charge in [0.15, 0.2) is 0 Å². The van der Waals surface area contributed by atoms with Gasteiger partial charge < -0.3 is 9.84 Å². The average Bonchev–Trinajstić information content (AvgIpc) is 3.08. The van der Waals surface area contributed by atoms with Gasteiger partial charge in [0.2, 0.25) is 0 Å². The summed E-state index contributed by atoms with van der Waals surface area (Å²) in [6, 6.07) is 10.4. The molecular formula is C16H14N2O2S. The molecule has 21 heavy (non-hydrogen) atoms.